The summed E-state index contributed by atoms with van der Waals surface area (Å²) in [6, 6.07) is 0. The van der Waals surface area contributed by atoms with Crippen LogP contribution in [0.15, 0.2) is 0 Å². The minimum atomic E-state index is -2.77. The van der Waals surface area contributed by atoms with Crippen LogP contribution in [-0.2, 0) is 4.74 Å². The molecule has 1 fully saturated rings. The van der Waals surface area contributed by atoms with E-state index in [1.807, 2.05) is 0 Å². The summed E-state index contributed by atoms with van der Waals surface area (Å²) < 4.78 is 31.3. The Kier molecular flexibility index (Phi) is 3.23. The Morgan fingerprint density at radius 3 is 2.92 bits per heavy atom. The smallest absolute Gasteiger partial charge is 0.286 e. The van der Waals surface area contributed by atoms with Crippen LogP contribution in [0.2, 0.25) is 0 Å². The van der Waals surface area contributed by atoms with E-state index < -0.39 is 12.0 Å². The summed E-state index contributed by atoms with van der Waals surface area (Å²) in [4.78, 5) is 1.59. The van der Waals surface area contributed by atoms with Crippen molar-refractivity contribution in [3.63, 3.8) is 0 Å². The number of ether oxygens (including phenoxy) is 1. The fourth-order valence-corrected chi connectivity index (χ4v) is 1.44. The Bertz CT molecular complexity index is 212. The highest BCUT2D eigenvalue weighted by molar-refractivity contribution is 4.89. The number of hydrogen-bond acceptors (Lipinski definition) is 2. The van der Waals surface area contributed by atoms with E-state index in [0.717, 1.165) is 0 Å². The second-order valence-electron chi connectivity index (χ2n) is 3.29. The van der Waals surface area contributed by atoms with E-state index >= 15 is 0 Å². The Hall–Kier alpha value is -0.660. The number of piperidine rings is 1. The first-order valence-corrected chi connectivity index (χ1v) is 4.17. The fourth-order valence-electron chi connectivity index (χ4n) is 1.44. The van der Waals surface area contributed by atoms with Gasteiger partial charge >= 0.3 is 0 Å². The van der Waals surface area contributed by atoms with Gasteiger partial charge in [0.05, 0.1) is 6.54 Å². The van der Waals surface area contributed by atoms with Gasteiger partial charge in [0.15, 0.2) is 0 Å². The second-order valence-corrected chi connectivity index (χ2v) is 3.29. The maximum Gasteiger partial charge on any atom is 0.286 e. The lowest BCUT2D eigenvalue weighted by Crippen LogP contribution is -2.51. The first kappa shape index (κ1) is 10.4. The number of hydrogen-bond donors (Lipinski definition) is 0. The quantitative estimate of drug-likeness (QED) is 0.600. The van der Waals surface area contributed by atoms with Gasteiger partial charge in [0.1, 0.15) is 12.7 Å². The van der Waals surface area contributed by atoms with Gasteiger partial charge < -0.3 is 9.64 Å². The topological polar surface area (TPSA) is 12.5 Å². The summed E-state index contributed by atoms with van der Waals surface area (Å²) in [5.74, 6) is -0.579. The molecule has 1 atom stereocenters. The molecule has 13 heavy (non-hydrogen) atoms. The molecule has 1 rings (SSSR count). The van der Waals surface area contributed by atoms with Gasteiger partial charge in [-0.1, -0.05) is 5.92 Å². The Balaban J connectivity index is 2.50. The van der Waals surface area contributed by atoms with Crippen LogP contribution in [0.3, 0.4) is 0 Å². The van der Waals surface area contributed by atoms with Crippen LogP contribution in [0.1, 0.15) is 6.42 Å². The van der Waals surface area contributed by atoms with Gasteiger partial charge in [-0.3, -0.25) is 0 Å². The summed E-state index contributed by atoms with van der Waals surface area (Å²) in [7, 11) is 1.67. The maximum atomic E-state index is 13.2. The molecule has 0 spiro atoms. The SMILES string of the molecule is C#CCO[C@H]1CCN(C)CC1(F)F. The third kappa shape index (κ3) is 2.64. The van der Waals surface area contributed by atoms with Crippen molar-refractivity contribution in [1.82, 2.24) is 4.90 Å². The highest BCUT2D eigenvalue weighted by Gasteiger charge is 2.44. The molecule has 0 radical (unpaired) electrons. The average Bonchev–Trinajstić information content (AvgIpc) is 2.01. The van der Waals surface area contributed by atoms with Gasteiger partial charge in [-0.2, -0.15) is 0 Å². The number of alkyl halides is 2. The first-order chi connectivity index (χ1) is 6.06. The lowest BCUT2D eigenvalue weighted by Gasteiger charge is -2.35. The number of nitrogens with zero attached hydrogens (tertiary/aromatic N) is 1. The molecule has 2 nitrogen and oxygen atoms in total. The summed E-state index contributed by atoms with van der Waals surface area (Å²) in [5, 5.41) is 0. The molecule has 0 amide bonds. The number of halogens is 2. The van der Waals surface area contributed by atoms with E-state index in [9.17, 15) is 8.78 Å². The van der Waals surface area contributed by atoms with E-state index in [2.05, 4.69) is 5.92 Å². The molecule has 4 heteroatoms. The zero-order chi connectivity index (χ0) is 9.90. The molecule has 1 saturated heterocycles. The monoisotopic (exact) mass is 189 g/mol. The van der Waals surface area contributed by atoms with Crippen molar-refractivity contribution in [3.05, 3.63) is 0 Å². The van der Waals surface area contributed by atoms with E-state index in [0.29, 0.717) is 13.0 Å². The van der Waals surface area contributed by atoms with Crippen LogP contribution >= 0.6 is 0 Å². The van der Waals surface area contributed by atoms with Gasteiger partial charge in [-0.05, 0) is 13.5 Å². The fraction of sp³-hybridized carbons (Fsp3) is 0.778. The van der Waals surface area contributed by atoms with Crippen molar-refractivity contribution in [1.29, 1.82) is 0 Å². The van der Waals surface area contributed by atoms with Gasteiger partial charge in [-0.25, -0.2) is 8.78 Å². The Labute approximate surface area is 76.9 Å². The zero-order valence-electron chi connectivity index (χ0n) is 7.59. The first-order valence-electron chi connectivity index (χ1n) is 4.17. The lowest BCUT2D eigenvalue weighted by molar-refractivity contribution is -0.164. The lowest BCUT2D eigenvalue weighted by atomic mass is 10.0. The molecule has 1 aliphatic rings. The highest BCUT2D eigenvalue weighted by Crippen LogP contribution is 2.28. The van der Waals surface area contributed by atoms with Crippen LogP contribution in [0.25, 0.3) is 0 Å². The van der Waals surface area contributed by atoms with E-state index in [1.54, 1.807) is 11.9 Å². The average molecular weight is 189 g/mol. The molecule has 0 aromatic heterocycles. The normalized spacial score (nSPS) is 28.3. The van der Waals surface area contributed by atoms with Gasteiger partial charge in [-0.15, -0.1) is 6.42 Å². The molecule has 0 N–H and O–H groups in total. The van der Waals surface area contributed by atoms with E-state index in [1.165, 1.54) is 0 Å². The van der Waals surface area contributed by atoms with Crippen molar-refractivity contribution in [2.24, 2.45) is 0 Å². The molecule has 74 valence electrons. The van der Waals surface area contributed by atoms with Crippen LogP contribution < -0.4 is 0 Å². The molecule has 1 aliphatic heterocycles. The standard InChI is InChI=1S/C9H13F2NO/c1-3-6-13-8-4-5-12(2)7-9(8,10)11/h1,8H,4-7H2,2H3/t8-/m0/s1. The van der Waals surface area contributed by atoms with Gasteiger partial charge in [0.25, 0.3) is 5.92 Å². The molecule has 0 unspecified atom stereocenters. The third-order valence-corrected chi connectivity index (χ3v) is 2.09. The molecule has 0 aromatic rings. The Morgan fingerprint density at radius 1 is 1.69 bits per heavy atom. The Morgan fingerprint density at radius 2 is 2.38 bits per heavy atom. The highest BCUT2D eigenvalue weighted by atomic mass is 19.3. The largest absolute Gasteiger partial charge is 0.359 e. The van der Waals surface area contributed by atoms with E-state index in [-0.39, 0.29) is 13.2 Å². The van der Waals surface area contributed by atoms with Crippen molar-refractivity contribution < 1.29 is 13.5 Å². The van der Waals surface area contributed by atoms with Crippen LogP contribution in [0.5, 0.6) is 0 Å². The van der Waals surface area contributed by atoms with Crippen molar-refractivity contribution in [2.45, 2.75) is 18.4 Å². The predicted molar refractivity (Wildman–Crippen MR) is 45.6 cm³/mol. The van der Waals surface area contributed by atoms with Gasteiger partial charge in [0.2, 0.25) is 0 Å². The molecule has 0 bridgehead atoms. The molecule has 1 heterocycles. The maximum absolute atomic E-state index is 13.2. The summed E-state index contributed by atoms with van der Waals surface area (Å²) in [6.07, 6.45) is 4.26. The van der Waals surface area contributed by atoms with Gasteiger partial charge in [0, 0.05) is 6.54 Å². The molecule has 0 aromatic carbocycles. The van der Waals surface area contributed by atoms with Crippen LogP contribution in [0, 0.1) is 12.3 Å². The summed E-state index contributed by atoms with van der Waals surface area (Å²) in [6.45, 7) is 0.344. The zero-order valence-corrected chi connectivity index (χ0v) is 7.59. The molecular weight excluding hydrogens is 176 g/mol. The van der Waals surface area contributed by atoms with Crippen molar-refractivity contribution in [3.8, 4) is 12.3 Å². The minimum Gasteiger partial charge on any atom is -0.359 e. The minimum absolute atomic E-state index is 0.0377. The van der Waals surface area contributed by atoms with Crippen molar-refractivity contribution >= 4 is 0 Å². The second kappa shape index (κ2) is 4.03. The summed E-state index contributed by atoms with van der Waals surface area (Å²) in [5.41, 5.74) is 0. The predicted octanol–water partition coefficient (Wildman–Crippen LogP) is 0.976. The number of likely N-dealkylation sites (tertiary alicyclic amines) is 1. The molecule has 0 aliphatic carbocycles. The van der Waals surface area contributed by atoms with Crippen LogP contribution in [-0.4, -0.2) is 43.7 Å². The third-order valence-electron chi connectivity index (χ3n) is 2.09. The molecule has 0 saturated carbocycles. The number of terminal acetylenes is 1. The summed E-state index contributed by atoms with van der Waals surface area (Å²) >= 11 is 0. The van der Waals surface area contributed by atoms with Crippen LogP contribution in [0.4, 0.5) is 8.78 Å². The molecular formula is C9H13F2NO. The van der Waals surface area contributed by atoms with Crippen molar-refractivity contribution in [2.75, 3.05) is 26.7 Å². The van der Waals surface area contributed by atoms with E-state index in [4.69, 9.17) is 11.2 Å². The number of rotatable bonds is 2.